The van der Waals surface area contributed by atoms with E-state index in [1.165, 1.54) is 32.1 Å². The molecule has 1 aliphatic heterocycles. The van der Waals surface area contributed by atoms with Gasteiger partial charge >= 0.3 is 5.97 Å². The number of fused-ring (bicyclic) bond motifs is 1. The van der Waals surface area contributed by atoms with E-state index in [2.05, 4.69) is 17.2 Å². The van der Waals surface area contributed by atoms with Gasteiger partial charge in [0, 0.05) is 38.7 Å². The minimum Gasteiger partial charge on any atom is -0.488 e. The molecular formula is C34H49N5O4. The minimum absolute atomic E-state index is 0.0103. The fourth-order valence-corrected chi connectivity index (χ4v) is 5.85. The van der Waals surface area contributed by atoms with Crippen molar-refractivity contribution in [3.8, 4) is 11.5 Å². The molecule has 2 aromatic carbocycles. The number of unbranched alkanes of at least 4 members (excludes halogenated alkanes) is 3. The van der Waals surface area contributed by atoms with Gasteiger partial charge in [0.2, 0.25) is 5.91 Å². The molecule has 234 valence electrons. The number of carbonyl (C=O) groups excluding carboxylic acids is 2. The summed E-state index contributed by atoms with van der Waals surface area (Å²) in [5, 5.41) is 3.20. The first kappa shape index (κ1) is 32.2. The summed E-state index contributed by atoms with van der Waals surface area (Å²) < 4.78 is 12.3. The van der Waals surface area contributed by atoms with Crippen LogP contribution in [0.15, 0.2) is 47.5 Å². The highest BCUT2D eigenvalue weighted by atomic mass is 16.5. The fraction of sp³-hybridized carbons (Fsp3) is 0.559. The lowest BCUT2D eigenvalue weighted by Gasteiger charge is -2.29. The zero-order chi connectivity index (χ0) is 30.6. The molecule has 1 aliphatic carbocycles. The molecular weight excluding hydrogens is 542 g/mol. The monoisotopic (exact) mass is 591 g/mol. The number of nitrogens with zero attached hydrogens (tertiary/aromatic N) is 3. The highest BCUT2D eigenvalue weighted by Crippen LogP contribution is 2.37. The molecule has 2 aromatic rings. The number of guanidine groups is 1. The average molecular weight is 592 g/mol. The Morgan fingerprint density at radius 2 is 1.77 bits per heavy atom. The molecule has 43 heavy (non-hydrogen) atoms. The van der Waals surface area contributed by atoms with Crippen molar-refractivity contribution in [2.24, 2.45) is 10.7 Å². The Labute approximate surface area is 256 Å². The number of aliphatic imine (C=N–C) groups is 1. The predicted octanol–water partition coefficient (Wildman–Crippen LogP) is 6.07. The molecule has 0 saturated heterocycles. The van der Waals surface area contributed by atoms with E-state index in [-0.39, 0.29) is 24.5 Å². The number of nitrogens with two attached hydrogens (primary N) is 1. The van der Waals surface area contributed by atoms with Gasteiger partial charge in [0.25, 0.3) is 0 Å². The molecule has 1 unspecified atom stereocenters. The van der Waals surface area contributed by atoms with Crippen molar-refractivity contribution < 1.29 is 19.1 Å². The van der Waals surface area contributed by atoms with Crippen LogP contribution < -0.4 is 25.4 Å². The number of para-hydroxylation sites is 3. The maximum atomic E-state index is 12.9. The highest BCUT2D eigenvalue weighted by molar-refractivity contribution is 5.88. The van der Waals surface area contributed by atoms with Gasteiger partial charge in [0.1, 0.15) is 18.0 Å². The number of amides is 1. The number of hydrogen-bond acceptors (Lipinski definition) is 8. The van der Waals surface area contributed by atoms with Crippen LogP contribution in [0.1, 0.15) is 89.5 Å². The van der Waals surface area contributed by atoms with E-state index < -0.39 is 5.97 Å². The number of carbonyl (C=O) groups is 2. The van der Waals surface area contributed by atoms with Crippen molar-refractivity contribution in [1.82, 2.24) is 10.2 Å². The first-order valence-electron chi connectivity index (χ1n) is 16.0. The zero-order valence-electron chi connectivity index (χ0n) is 26.1. The molecule has 0 bridgehead atoms. The second-order valence-corrected chi connectivity index (χ2v) is 12.0. The van der Waals surface area contributed by atoms with E-state index >= 15 is 0 Å². The summed E-state index contributed by atoms with van der Waals surface area (Å²) in [6.45, 7) is 2.61. The van der Waals surface area contributed by atoms with E-state index in [1.54, 1.807) is 11.0 Å². The molecule has 1 fully saturated rings. The Bertz CT molecular complexity index is 1240. The molecule has 0 radical (unpaired) electrons. The third-order valence-corrected chi connectivity index (χ3v) is 8.21. The van der Waals surface area contributed by atoms with Gasteiger partial charge in [0.05, 0.1) is 11.8 Å². The van der Waals surface area contributed by atoms with Crippen molar-refractivity contribution >= 4 is 29.2 Å². The normalized spacial score (nSPS) is 15.4. The maximum absolute atomic E-state index is 12.9. The summed E-state index contributed by atoms with van der Waals surface area (Å²) in [7, 11) is 3.81. The number of nitrogens with one attached hydrogen (secondary N) is 1. The van der Waals surface area contributed by atoms with E-state index in [0.29, 0.717) is 36.2 Å². The molecule has 9 nitrogen and oxygen atoms in total. The van der Waals surface area contributed by atoms with Gasteiger partial charge in [-0.1, -0.05) is 63.3 Å². The molecule has 9 heteroatoms. The van der Waals surface area contributed by atoms with Gasteiger partial charge < -0.3 is 30.3 Å². The molecule has 2 aliphatic rings. The lowest BCUT2D eigenvalue weighted by Crippen LogP contribution is -2.42. The van der Waals surface area contributed by atoms with Gasteiger partial charge in [-0.05, 0) is 56.7 Å². The Hall–Kier alpha value is -3.75. The maximum Gasteiger partial charge on any atom is 0.331 e. The van der Waals surface area contributed by atoms with Gasteiger partial charge in [-0.3, -0.25) is 4.79 Å². The number of rotatable bonds is 16. The van der Waals surface area contributed by atoms with Crippen LogP contribution in [0, 0.1) is 0 Å². The second-order valence-electron chi connectivity index (χ2n) is 12.0. The van der Waals surface area contributed by atoms with Gasteiger partial charge in [-0.25, -0.2) is 9.79 Å². The van der Waals surface area contributed by atoms with Crippen LogP contribution in [0.5, 0.6) is 11.5 Å². The number of esters is 1. The molecule has 1 atom stereocenters. The average Bonchev–Trinajstić information content (AvgIpc) is 3.49. The molecule has 3 N–H and O–H groups in total. The molecule has 0 aromatic heterocycles. The molecule has 1 amide bonds. The lowest BCUT2D eigenvalue weighted by atomic mass is 10.0. The standard InChI is InChI=1S/C34H49N5O4/c1-4-5-6-7-17-27(18-13-22-31(40)36-26-15-8-9-16-26)42-30-21-12-14-25-23-39(34(35)37-33(25)30)24-32(41)43-29-20-11-10-19-28(29)38(2)3/h10-12,14,19-21,26-27H,4-9,13,15-18,22-24H2,1-3H3,(H2,35,37)(H,36,40). The van der Waals surface area contributed by atoms with Crippen molar-refractivity contribution in [3.63, 3.8) is 0 Å². The SMILES string of the molecule is CCCCCCC(CCCC(=O)NC1CCCC1)Oc1cccc2c1N=C(N)N(CC(=O)Oc1ccccc1N(C)C)C2. The number of ether oxygens (including phenoxy) is 2. The van der Waals surface area contributed by atoms with Gasteiger partial charge in [-0.2, -0.15) is 0 Å². The summed E-state index contributed by atoms with van der Waals surface area (Å²) in [5.41, 5.74) is 8.84. The second kappa shape index (κ2) is 16.2. The molecule has 0 spiro atoms. The van der Waals surface area contributed by atoms with Crippen molar-refractivity contribution in [2.75, 3.05) is 25.5 Å². The Balaban J connectivity index is 1.37. The largest absolute Gasteiger partial charge is 0.488 e. The van der Waals surface area contributed by atoms with Crippen molar-refractivity contribution in [2.45, 2.75) is 103 Å². The third kappa shape index (κ3) is 9.63. The van der Waals surface area contributed by atoms with Crippen molar-refractivity contribution in [3.05, 3.63) is 48.0 Å². The summed E-state index contributed by atoms with van der Waals surface area (Å²) >= 11 is 0. The van der Waals surface area contributed by atoms with Crippen molar-refractivity contribution in [1.29, 1.82) is 0 Å². The van der Waals surface area contributed by atoms with Crippen LogP contribution in [-0.4, -0.2) is 55.5 Å². The van der Waals surface area contributed by atoms with E-state index in [1.807, 2.05) is 55.4 Å². The van der Waals surface area contributed by atoms with E-state index in [9.17, 15) is 9.59 Å². The number of benzene rings is 2. The topological polar surface area (TPSA) is 109 Å². The number of hydrogen-bond donors (Lipinski definition) is 2. The summed E-state index contributed by atoms with van der Waals surface area (Å²) in [4.78, 5) is 33.7. The Morgan fingerprint density at radius 1 is 1.02 bits per heavy atom. The predicted molar refractivity (Wildman–Crippen MR) is 172 cm³/mol. The molecule has 1 heterocycles. The smallest absolute Gasteiger partial charge is 0.331 e. The van der Waals surface area contributed by atoms with Gasteiger partial charge in [0.15, 0.2) is 11.7 Å². The third-order valence-electron chi connectivity index (χ3n) is 8.21. The molecule has 4 rings (SSSR count). The first-order valence-corrected chi connectivity index (χ1v) is 16.0. The zero-order valence-corrected chi connectivity index (χ0v) is 26.1. The lowest BCUT2D eigenvalue weighted by molar-refractivity contribution is -0.134. The Morgan fingerprint density at radius 3 is 2.53 bits per heavy atom. The summed E-state index contributed by atoms with van der Waals surface area (Å²) in [6, 6.07) is 13.7. The van der Waals surface area contributed by atoms with Crippen LogP contribution in [0.2, 0.25) is 0 Å². The number of anilines is 1. The Kier molecular flexibility index (Phi) is 12.1. The quantitative estimate of drug-likeness (QED) is 0.139. The summed E-state index contributed by atoms with van der Waals surface area (Å²) in [5.74, 6) is 1.19. The fourth-order valence-electron chi connectivity index (χ4n) is 5.85. The minimum atomic E-state index is -0.410. The van der Waals surface area contributed by atoms with Gasteiger partial charge in [-0.15, -0.1) is 0 Å². The van der Waals surface area contributed by atoms with Crippen LogP contribution in [0.25, 0.3) is 0 Å². The summed E-state index contributed by atoms with van der Waals surface area (Å²) in [6.07, 6.45) is 12.3. The van der Waals surface area contributed by atoms with Crippen LogP contribution >= 0.6 is 0 Å². The first-order chi connectivity index (χ1) is 20.8. The van der Waals surface area contributed by atoms with Crippen LogP contribution in [0.4, 0.5) is 11.4 Å². The molecule has 1 saturated carbocycles. The van der Waals surface area contributed by atoms with Crippen LogP contribution in [-0.2, 0) is 16.1 Å². The highest BCUT2D eigenvalue weighted by Gasteiger charge is 2.25. The van der Waals surface area contributed by atoms with E-state index in [0.717, 1.165) is 49.8 Å². The van der Waals surface area contributed by atoms with Crippen LogP contribution in [0.3, 0.4) is 0 Å². The van der Waals surface area contributed by atoms with E-state index in [4.69, 9.17) is 15.2 Å².